The molecule has 0 spiro atoms. The average Bonchev–Trinajstić information content (AvgIpc) is 3.22. The summed E-state index contributed by atoms with van der Waals surface area (Å²) in [4.78, 5) is 19.0. The number of methoxy groups -OCH3 is 1. The van der Waals surface area contributed by atoms with Gasteiger partial charge < -0.3 is 18.9 Å². The topological polar surface area (TPSA) is 56.6 Å². The predicted molar refractivity (Wildman–Crippen MR) is 115 cm³/mol. The summed E-state index contributed by atoms with van der Waals surface area (Å²) in [6.45, 7) is 4.24. The molecular weight excluding hydrogens is 416 g/mol. The Bertz CT molecular complexity index is 1130. The normalized spacial score (nSPS) is 17.3. The number of halogens is 2. The fraction of sp³-hybridized carbons (Fsp3) is 0.333. The zero-order chi connectivity index (χ0) is 22.8. The number of hydrogen-bond donors (Lipinski definition) is 0. The maximum atomic E-state index is 13.7. The molecule has 0 radical (unpaired) electrons. The molecule has 4 rings (SSSR count). The second-order valence-electron chi connectivity index (χ2n) is 7.89. The number of aromatic nitrogens is 2. The minimum Gasteiger partial charge on any atom is -0.494 e. The van der Waals surface area contributed by atoms with Crippen molar-refractivity contribution in [2.45, 2.75) is 38.8 Å². The van der Waals surface area contributed by atoms with E-state index in [9.17, 15) is 13.6 Å². The molecule has 168 valence electrons. The number of hydrogen-bond acceptors (Lipinski definition) is 4. The number of benzene rings is 2. The van der Waals surface area contributed by atoms with Gasteiger partial charge in [-0.2, -0.15) is 0 Å². The van der Waals surface area contributed by atoms with Gasteiger partial charge in [-0.05, 0) is 56.5 Å². The average molecular weight is 441 g/mol. The zero-order valence-electron chi connectivity index (χ0n) is 18.2. The van der Waals surface area contributed by atoms with Gasteiger partial charge in [0.25, 0.3) is 5.91 Å². The van der Waals surface area contributed by atoms with E-state index in [0.717, 1.165) is 29.9 Å². The standard InChI is InChI=1S/C24H25F2N3O3/c1-15-13-28(14-27-15)21-9-7-18(12-23(21)31-3)32-22-5-4-10-29(24(22)30)16(2)17-6-8-19(25)20(26)11-17/h6-9,11-14,16,22H,4-5,10H2,1-3H3. The van der Waals surface area contributed by atoms with Gasteiger partial charge in [-0.25, -0.2) is 13.8 Å². The first-order valence-corrected chi connectivity index (χ1v) is 10.5. The minimum atomic E-state index is -0.924. The highest BCUT2D eigenvalue weighted by atomic mass is 19.2. The molecule has 32 heavy (non-hydrogen) atoms. The number of carbonyl (C=O) groups excluding carboxylic acids is 1. The molecular formula is C24H25F2N3O3. The fourth-order valence-electron chi connectivity index (χ4n) is 3.97. The van der Waals surface area contributed by atoms with Crippen LogP contribution in [0.3, 0.4) is 0 Å². The number of piperidine rings is 1. The number of nitrogens with zero attached hydrogens (tertiary/aromatic N) is 3. The summed E-state index contributed by atoms with van der Waals surface area (Å²) in [7, 11) is 1.57. The van der Waals surface area contributed by atoms with E-state index in [2.05, 4.69) is 4.98 Å². The van der Waals surface area contributed by atoms with Gasteiger partial charge in [-0.1, -0.05) is 6.07 Å². The maximum absolute atomic E-state index is 13.7. The smallest absolute Gasteiger partial charge is 0.264 e. The van der Waals surface area contributed by atoms with Gasteiger partial charge in [0.05, 0.1) is 30.9 Å². The molecule has 3 aromatic rings. The molecule has 1 fully saturated rings. The molecule has 2 aromatic carbocycles. The molecule has 6 nitrogen and oxygen atoms in total. The first kappa shape index (κ1) is 21.8. The highest BCUT2D eigenvalue weighted by Crippen LogP contribution is 2.31. The van der Waals surface area contributed by atoms with Crippen LogP contribution in [0.15, 0.2) is 48.9 Å². The highest BCUT2D eigenvalue weighted by Gasteiger charge is 2.34. The van der Waals surface area contributed by atoms with Crippen LogP contribution < -0.4 is 9.47 Å². The van der Waals surface area contributed by atoms with E-state index in [1.54, 1.807) is 37.4 Å². The van der Waals surface area contributed by atoms with Crippen LogP contribution in [-0.4, -0.2) is 40.1 Å². The number of aryl methyl sites for hydroxylation is 1. The largest absolute Gasteiger partial charge is 0.494 e. The lowest BCUT2D eigenvalue weighted by Crippen LogP contribution is -2.47. The Morgan fingerprint density at radius 2 is 1.97 bits per heavy atom. The van der Waals surface area contributed by atoms with E-state index in [1.807, 2.05) is 23.8 Å². The number of amides is 1. The number of ether oxygens (including phenoxy) is 2. The van der Waals surface area contributed by atoms with Crippen LogP contribution >= 0.6 is 0 Å². The lowest BCUT2D eigenvalue weighted by Gasteiger charge is -2.36. The predicted octanol–water partition coefficient (Wildman–Crippen LogP) is 4.60. The first-order chi connectivity index (χ1) is 15.4. The molecule has 0 N–H and O–H groups in total. The minimum absolute atomic E-state index is 0.179. The second-order valence-corrected chi connectivity index (χ2v) is 7.89. The SMILES string of the molecule is COc1cc(OC2CCCN(C(C)c3ccc(F)c(F)c3)C2=O)ccc1-n1cnc(C)c1. The van der Waals surface area contributed by atoms with Crippen LogP contribution in [0.2, 0.25) is 0 Å². The van der Waals surface area contributed by atoms with E-state index in [4.69, 9.17) is 9.47 Å². The van der Waals surface area contributed by atoms with Crippen LogP contribution in [0.1, 0.15) is 37.1 Å². The summed E-state index contributed by atoms with van der Waals surface area (Å²) in [5, 5.41) is 0. The third kappa shape index (κ3) is 4.30. The quantitative estimate of drug-likeness (QED) is 0.561. The summed E-state index contributed by atoms with van der Waals surface area (Å²) < 4.78 is 40.4. The third-order valence-electron chi connectivity index (χ3n) is 5.74. The van der Waals surface area contributed by atoms with Crippen LogP contribution in [-0.2, 0) is 4.79 Å². The molecule has 2 heterocycles. The van der Waals surface area contributed by atoms with Crippen molar-refractivity contribution in [2.75, 3.05) is 13.7 Å². The number of likely N-dealkylation sites (tertiary alicyclic amines) is 1. The van der Waals surface area contributed by atoms with Gasteiger partial charge in [-0.3, -0.25) is 4.79 Å². The van der Waals surface area contributed by atoms with Crippen molar-refractivity contribution >= 4 is 5.91 Å². The van der Waals surface area contributed by atoms with E-state index in [1.165, 1.54) is 6.07 Å². The summed E-state index contributed by atoms with van der Waals surface area (Å²) in [6, 6.07) is 8.71. The lowest BCUT2D eigenvalue weighted by molar-refractivity contribution is -0.144. The molecule has 1 aliphatic heterocycles. The summed E-state index contributed by atoms with van der Waals surface area (Å²) in [6.07, 6.45) is 4.25. The number of rotatable bonds is 6. The second kappa shape index (κ2) is 8.98. The Morgan fingerprint density at radius 1 is 1.16 bits per heavy atom. The van der Waals surface area contributed by atoms with Crippen molar-refractivity contribution in [3.05, 3.63) is 71.8 Å². The number of carbonyl (C=O) groups is 1. The van der Waals surface area contributed by atoms with Gasteiger partial charge in [-0.15, -0.1) is 0 Å². The molecule has 0 bridgehead atoms. The molecule has 2 atom stereocenters. The Labute approximate surface area is 185 Å². The molecule has 8 heteroatoms. The molecule has 1 amide bonds. The van der Waals surface area contributed by atoms with Crippen molar-refractivity contribution in [1.29, 1.82) is 0 Å². The summed E-state index contributed by atoms with van der Waals surface area (Å²) in [5.74, 6) is -0.901. The van der Waals surface area contributed by atoms with Gasteiger partial charge in [0.1, 0.15) is 11.5 Å². The zero-order valence-corrected chi connectivity index (χ0v) is 18.2. The van der Waals surface area contributed by atoms with Crippen molar-refractivity contribution in [3.8, 4) is 17.2 Å². The molecule has 2 unspecified atom stereocenters. The molecule has 1 aliphatic rings. The van der Waals surface area contributed by atoms with E-state index in [-0.39, 0.29) is 5.91 Å². The van der Waals surface area contributed by atoms with E-state index >= 15 is 0 Å². The molecule has 1 saturated heterocycles. The van der Waals surface area contributed by atoms with Crippen LogP contribution in [0.5, 0.6) is 11.5 Å². The van der Waals surface area contributed by atoms with Crippen molar-refractivity contribution in [1.82, 2.24) is 14.5 Å². The molecule has 1 aromatic heterocycles. The Kier molecular flexibility index (Phi) is 6.12. The maximum Gasteiger partial charge on any atom is 0.264 e. The van der Waals surface area contributed by atoms with Crippen molar-refractivity contribution in [2.24, 2.45) is 0 Å². The van der Waals surface area contributed by atoms with Crippen LogP contribution in [0.4, 0.5) is 8.78 Å². The van der Waals surface area contributed by atoms with E-state index < -0.39 is 23.8 Å². The van der Waals surface area contributed by atoms with Crippen LogP contribution in [0.25, 0.3) is 5.69 Å². The van der Waals surface area contributed by atoms with Gasteiger partial charge in [0.15, 0.2) is 17.7 Å². The number of imidazole rings is 1. The van der Waals surface area contributed by atoms with Crippen molar-refractivity contribution in [3.63, 3.8) is 0 Å². The third-order valence-corrected chi connectivity index (χ3v) is 5.74. The summed E-state index contributed by atoms with van der Waals surface area (Å²) >= 11 is 0. The fourth-order valence-corrected chi connectivity index (χ4v) is 3.97. The molecule has 0 aliphatic carbocycles. The van der Waals surface area contributed by atoms with Crippen molar-refractivity contribution < 1.29 is 23.0 Å². The Hall–Kier alpha value is -3.42. The lowest BCUT2D eigenvalue weighted by atomic mass is 10.0. The van der Waals surface area contributed by atoms with E-state index in [0.29, 0.717) is 30.0 Å². The van der Waals surface area contributed by atoms with Gasteiger partial charge in [0, 0.05) is 18.8 Å². The van der Waals surface area contributed by atoms with Gasteiger partial charge in [0.2, 0.25) is 0 Å². The Balaban J connectivity index is 1.51. The molecule has 0 saturated carbocycles. The summed E-state index contributed by atoms with van der Waals surface area (Å²) in [5.41, 5.74) is 2.24. The first-order valence-electron chi connectivity index (χ1n) is 10.5. The monoisotopic (exact) mass is 441 g/mol. The van der Waals surface area contributed by atoms with Crippen LogP contribution in [0, 0.1) is 18.6 Å². The van der Waals surface area contributed by atoms with Gasteiger partial charge >= 0.3 is 0 Å². The Morgan fingerprint density at radius 3 is 2.66 bits per heavy atom. The highest BCUT2D eigenvalue weighted by molar-refractivity contribution is 5.82.